The van der Waals surface area contributed by atoms with Gasteiger partial charge >= 0.3 is 6.36 Å². The fourth-order valence-electron chi connectivity index (χ4n) is 1.80. The lowest BCUT2D eigenvalue weighted by atomic mass is 10.1. The first-order chi connectivity index (χ1) is 11.2. The Kier molecular flexibility index (Phi) is 4.79. The van der Waals surface area contributed by atoms with E-state index in [4.69, 9.17) is 5.26 Å². The summed E-state index contributed by atoms with van der Waals surface area (Å²) < 4.78 is 68.9. The van der Waals surface area contributed by atoms with Crippen LogP contribution in [0.3, 0.4) is 0 Å². The van der Waals surface area contributed by atoms with Crippen LogP contribution in [0, 0.1) is 23.0 Å². The smallest absolute Gasteiger partial charge is 0.402 e. The number of halogens is 5. The second-order valence-electron chi connectivity index (χ2n) is 4.19. The molecule has 1 heterocycles. The van der Waals surface area contributed by atoms with Gasteiger partial charge in [0.15, 0.2) is 16.7 Å². The van der Waals surface area contributed by atoms with Crippen LogP contribution in [-0.4, -0.2) is 22.6 Å². The Balaban J connectivity index is 2.87. The SMILES string of the molecule is CSc1nc(-c2c(F)ccc(F)c2OC(F)(F)F)c(C#N)c(=O)[nH]1. The first-order valence-corrected chi connectivity index (χ1v) is 7.23. The van der Waals surface area contributed by atoms with Gasteiger partial charge in [-0.3, -0.25) is 4.79 Å². The molecule has 5 nitrogen and oxygen atoms in total. The number of aromatic amines is 1. The fraction of sp³-hybridized carbons (Fsp3) is 0.154. The number of aromatic nitrogens is 2. The van der Waals surface area contributed by atoms with E-state index < -0.39 is 46.1 Å². The first kappa shape index (κ1) is 17.7. The van der Waals surface area contributed by atoms with Crippen LogP contribution in [0.25, 0.3) is 11.3 Å². The third-order valence-electron chi connectivity index (χ3n) is 2.72. The molecule has 0 bridgehead atoms. The van der Waals surface area contributed by atoms with Crippen LogP contribution in [0.4, 0.5) is 22.0 Å². The summed E-state index contributed by atoms with van der Waals surface area (Å²) in [5.74, 6) is -4.37. The summed E-state index contributed by atoms with van der Waals surface area (Å²) in [5, 5.41) is 8.91. The summed E-state index contributed by atoms with van der Waals surface area (Å²) in [6.07, 6.45) is -3.84. The Morgan fingerprint density at radius 1 is 1.29 bits per heavy atom. The Morgan fingerprint density at radius 3 is 2.46 bits per heavy atom. The Hall–Kier alpha value is -2.61. The van der Waals surface area contributed by atoms with Gasteiger partial charge in [-0.15, -0.1) is 13.2 Å². The molecular formula is C13H6F5N3O2S. The lowest BCUT2D eigenvalue weighted by Crippen LogP contribution is -2.20. The predicted molar refractivity (Wildman–Crippen MR) is 73.4 cm³/mol. The van der Waals surface area contributed by atoms with Gasteiger partial charge < -0.3 is 9.72 Å². The Bertz CT molecular complexity index is 889. The molecule has 0 radical (unpaired) electrons. The number of H-pyrrole nitrogens is 1. The van der Waals surface area contributed by atoms with E-state index >= 15 is 0 Å². The van der Waals surface area contributed by atoms with Crippen molar-refractivity contribution in [3.8, 4) is 23.1 Å². The highest BCUT2D eigenvalue weighted by atomic mass is 32.2. The van der Waals surface area contributed by atoms with Crippen LogP contribution in [-0.2, 0) is 0 Å². The molecule has 0 aliphatic carbocycles. The number of nitrogens with zero attached hydrogens (tertiary/aromatic N) is 2. The van der Waals surface area contributed by atoms with Gasteiger partial charge in [0.1, 0.15) is 23.1 Å². The van der Waals surface area contributed by atoms with Crippen LogP contribution in [0.5, 0.6) is 5.75 Å². The average Bonchev–Trinajstić information content (AvgIpc) is 2.49. The highest BCUT2D eigenvalue weighted by Gasteiger charge is 2.35. The number of hydrogen-bond donors (Lipinski definition) is 1. The third-order valence-corrected chi connectivity index (χ3v) is 3.30. The molecular weight excluding hydrogens is 357 g/mol. The van der Waals surface area contributed by atoms with Crippen molar-refractivity contribution in [3.05, 3.63) is 39.7 Å². The summed E-state index contributed by atoms with van der Waals surface area (Å²) in [6.45, 7) is 0. The number of thioether (sulfide) groups is 1. The molecule has 0 spiro atoms. The molecule has 2 rings (SSSR count). The quantitative estimate of drug-likeness (QED) is 0.515. The zero-order chi connectivity index (χ0) is 18.1. The third kappa shape index (κ3) is 3.48. The van der Waals surface area contributed by atoms with Crippen LogP contribution in [0.2, 0.25) is 0 Å². The second kappa shape index (κ2) is 6.48. The summed E-state index contributed by atoms with van der Waals surface area (Å²) in [7, 11) is 0. The normalized spacial score (nSPS) is 11.2. The molecule has 11 heteroatoms. The molecule has 1 aromatic carbocycles. The highest BCUT2D eigenvalue weighted by molar-refractivity contribution is 7.98. The zero-order valence-electron chi connectivity index (χ0n) is 11.7. The van der Waals surface area contributed by atoms with Gasteiger partial charge in [-0.05, 0) is 18.4 Å². The van der Waals surface area contributed by atoms with Gasteiger partial charge in [0.25, 0.3) is 5.56 Å². The molecule has 0 amide bonds. The maximum atomic E-state index is 14.1. The molecule has 24 heavy (non-hydrogen) atoms. The van der Waals surface area contributed by atoms with Gasteiger partial charge in [-0.1, -0.05) is 11.8 Å². The standard InChI is InChI=1S/C13H6F5N3O2S/c1-24-12-20-9(5(4-19)11(22)21-12)8-6(14)2-3-7(15)10(8)23-13(16,17)18/h2-3H,1H3,(H,20,21,22). The van der Waals surface area contributed by atoms with Crippen molar-refractivity contribution in [2.75, 3.05) is 6.26 Å². The molecule has 0 saturated heterocycles. The van der Waals surface area contributed by atoms with Crippen molar-refractivity contribution < 1.29 is 26.7 Å². The molecule has 0 fully saturated rings. The van der Waals surface area contributed by atoms with E-state index in [2.05, 4.69) is 14.7 Å². The molecule has 1 N–H and O–H groups in total. The van der Waals surface area contributed by atoms with Gasteiger partial charge in [0.05, 0.1) is 5.56 Å². The highest BCUT2D eigenvalue weighted by Crippen LogP contribution is 2.38. The molecule has 0 unspecified atom stereocenters. The molecule has 0 aliphatic heterocycles. The maximum absolute atomic E-state index is 14.1. The van der Waals surface area contributed by atoms with E-state index in [1.807, 2.05) is 0 Å². The summed E-state index contributed by atoms with van der Waals surface area (Å²) in [5.41, 5.74) is -3.59. The lowest BCUT2D eigenvalue weighted by molar-refractivity contribution is -0.275. The summed E-state index contributed by atoms with van der Waals surface area (Å²) in [4.78, 5) is 17.7. The Labute approximate surface area is 135 Å². The van der Waals surface area contributed by atoms with Gasteiger partial charge in [-0.2, -0.15) is 5.26 Å². The molecule has 0 aliphatic rings. The minimum absolute atomic E-state index is 0.101. The van der Waals surface area contributed by atoms with Crippen LogP contribution in [0.15, 0.2) is 22.1 Å². The molecule has 2 aromatic rings. The van der Waals surface area contributed by atoms with Gasteiger partial charge in [0.2, 0.25) is 0 Å². The number of alkyl halides is 3. The average molecular weight is 363 g/mol. The van der Waals surface area contributed by atoms with E-state index in [0.29, 0.717) is 12.1 Å². The van der Waals surface area contributed by atoms with Gasteiger partial charge in [-0.25, -0.2) is 13.8 Å². The number of ether oxygens (including phenoxy) is 1. The number of nitriles is 1. The van der Waals surface area contributed by atoms with Crippen LogP contribution >= 0.6 is 11.8 Å². The first-order valence-electron chi connectivity index (χ1n) is 6.00. The maximum Gasteiger partial charge on any atom is 0.573 e. The van der Waals surface area contributed by atoms with E-state index in [0.717, 1.165) is 11.8 Å². The van der Waals surface area contributed by atoms with Crippen LogP contribution < -0.4 is 10.3 Å². The number of nitrogens with one attached hydrogen (secondary N) is 1. The predicted octanol–water partition coefficient (Wildman–Crippen LogP) is 3.21. The van der Waals surface area contributed by atoms with Gasteiger partial charge in [0, 0.05) is 0 Å². The van der Waals surface area contributed by atoms with Crippen molar-refractivity contribution in [1.82, 2.24) is 9.97 Å². The monoisotopic (exact) mass is 363 g/mol. The zero-order valence-corrected chi connectivity index (χ0v) is 12.5. The van der Waals surface area contributed by atoms with Crippen molar-refractivity contribution in [1.29, 1.82) is 5.26 Å². The van der Waals surface area contributed by atoms with E-state index in [-0.39, 0.29) is 5.16 Å². The van der Waals surface area contributed by atoms with Crippen molar-refractivity contribution in [2.24, 2.45) is 0 Å². The minimum atomic E-state index is -5.32. The topological polar surface area (TPSA) is 78.8 Å². The van der Waals surface area contributed by atoms with E-state index in [9.17, 15) is 26.7 Å². The summed E-state index contributed by atoms with van der Waals surface area (Å²) >= 11 is 0.885. The second-order valence-corrected chi connectivity index (χ2v) is 4.99. The number of benzene rings is 1. The fourth-order valence-corrected chi connectivity index (χ4v) is 2.18. The molecule has 0 atom stereocenters. The lowest BCUT2D eigenvalue weighted by Gasteiger charge is -2.15. The Morgan fingerprint density at radius 2 is 1.92 bits per heavy atom. The van der Waals surface area contributed by atoms with Crippen molar-refractivity contribution in [3.63, 3.8) is 0 Å². The molecule has 1 aromatic heterocycles. The summed E-state index contributed by atoms with van der Waals surface area (Å²) in [6, 6.07) is 2.37. The van der Waals surface area contributed by atoms with Crippen molar-refractivity contribution >= 4 is 11.8 Å². The largest absolute Gasteiger partial charge is 0.573 e. The molecule has 0 saturated carbocycles. The number of hydrogen-bond acceptors (Lipinski definition) is 5. The molecule has 126 valence electrons. The van der Waals surface area contributed by atoms with E-state index in [1.54, 1.807) is 0 Å². The van der Waals surface area contributed by atoms with E-state index in [1.165, 1.54) is 12.3 Å². The van der Waals surface area contributed by atoms with Crippen molar-refractivity contribution in [2.45, 2.75) is 11.5 Å². The van der Waals surface area contributed by atoms with Crippen LogP contribution in [0.1, 0.15) is 5.56 Å². The minimum Gasteiger partial charge on any atom is -0.402 e. The number of rotatable bonds is 3.